The Balaban J connectivity index is 2.03. The highest BCUT2D eigenvalue weighted by molar-refractivity contribution is 4.90. The zero-order valence-electron chi connectivity index (χ0n) is 11.2. The fourth-order valence-electron chi connectivity index (χ4n) is 2.35. The quantitative estimate of drug-likeness (QED) is 0.751. The molecule has 0 aromatic rings. The van der Waals surface area contributed by atoms with Crippen molar-refractivity contribution in [3.63, 3.8) is 0 Å². The van der Waals surface area contributed by atoms with Crippen molar-refractivity contribution in [2.24, 2.45) is 0 Å². The molecule has 0 spiro atoms. The lowest BCUT2D eigenvalue weighted by molar-refractivity contribution is -0.175. The van der Waals surface area contributed by atoms with E-state index in [9.17, 15) is 0 Å². The molecule has 0 aromatic heterocycles. The van der Waals surface area contributed by atoms with Gasteiger partial charge in [-0.15, -0.1) is 0 Å². The first kappa shape index (κ1) is 13.2. The van der Waals surface area contributed by atoms with Gasteiger partial charge in [-0.05, 0) is 27.7 Å². The molecule has 0 N–H and O–H groups in total. The summed E-state index contributed by atoms with van der Waals surface area (Å²) in [6, 6.07) is 0. The van der Waals surface area contributed by atoms with E-state index in [0.29, 0.717) is 13.2 Å². The summed E-state index contributed by atoms with van der Waals surface area (Å²) in [6.45, 7) is 8.62. The van der Waals surface area contributed by atoms with Gasteiger partial charge in [-0.2, -0.15) is 0 Å². The molecule has 2 aliphatic heterocycles. The van der Waals surface area contributed by atoms with Gasteiger partial charge >= 0.3 is 0 Å². The van der Waals surface area contributed by atoms with E-state index in [1.54, 1.807) is 7.11 Å². The maximum atomic E-state index is 5.88. The van der Waals surface area contributed by atoms with Gasteiger partial charge in [-0.3, -0.25) is 0 Å². The summed E-state index contributed by atoms with van der Waals surface area (Å²) in [7, 11) is 1.65. The molecule has 0 saturated carbocycles. The Kier molecular flexibility index (Phi) is 3.49. The summed E-state index contributed by atoms with van der Waals surface area (Å²) < 4.78 is 28.2. The molecule has 2 heterocycles. The van der Waals surface area contributed by atoms with E-state index < -0.39 is 11.6 Å². The van der Waals surface area contributed by atoms with Crippen LogP contribution in [0.1, 0.15) is 27.7 Å². The van der Waals surface area contributed by atoms with Crippen molar-refractivity contribution in [2.45, 2.75) is 57.6 Å². The first-order chi connectivity index (χ1) is 7.83. The number of rotatable bonds is 3. The van der Waals surface area contributed by atoms with E-state index in [2.05, 4.69) is 0 Å². The molecule has 5 heteroatoms. The van der Waals surface area contributed by atoms with Crippen LogP contribution < -0.4 is 0 Å². The van der Waals surface area contributed by atoms with Crippen LogP contribution in [-0.4, -0.2) is 50.2 Å². The minimum atomic E-state index is -0.593. The lowest BCUT2D eigenvalue weighted by Gasteiger charge is -2.23. The van der Waals surface area contributed by atoms with Crippen LogP contribution in [0.4, 0.5) is 0 Å². The summed E-state index contributed by atoms with van der Waals surface area (Å²) in [5.74, 6) is -1.14. The zero-order chi connectivity index (χ0) is 12.7. The predicted octanol–water partition coefficient (Wildman–Crippen LogP) is 1.30. The predicted molar refractivity (Wildman–Crippen MR) is 60.6 cm³/mol. The van der Waals surface area contributed by atoms with Crippen molar-refractivity contribution in [3.8, 4) is 0 Å². The Morgan fingerprint density at radius 1 is 1.06 bits per heavy atom. The van der Waals surface area contributed by atoms with Gasteiger partial charge in [0.05, 0.1) is 13.2 Å². The molecule has 0 bridgehead atoms. The standard InChI is InChI=1S/C12H22O5/c1-11(2)14-7-9(15-11)10-8(6-13-5)16-12(3,4)17-10/h8-10H,6-7H2,1-5H3/t8-,9-,10+/m1/s1. The lowest BCUT2D eigenvalue weighted by atomic mass is 10.1. The van der Waals surface area contributed by atoms with Crippen molar-refractivity contribution < 1.29 is 23.7 Å². The molecule has 17 heavy (non-hydrogen) atoms. The SMILES string of the molecule is COC[C@H]1OC(C)(C)O[C@@H]1[C@H]1COC(C)(C)O1. The summed E-state index contributed by atoms with van der Waals surface area (Å²) in [4.78, 5) is 0. The minimum Gasteiger partial charge on any atom is -0.382 e. The van der Waals surface area contributed by atoms with Gasteiger partial charge in [0.25, 0.3) is 0 Å². The van der Waals surface area contributed by atoms with Crippen molar-refractivity contribution >= 4 is 0 Å². The molecule has 0 radical (unpaired) electrons. The summed E-state index contributed by atoms with van der Waals surface area (Å²) in [5.41, 5.74) is 0. The van der Waals surface area contributed by atoms with Gasteiger partial charge in [-0.25, -0.2) is 0 Å². The topological polar surface area (TPSA) is 46.2 Å². The van der Waals surface area contributed by atoms with E-state index in [4.69, 9.17) is 23.7 Å². The van der Waals surface area contributed by atoms with Crippen LogP contribution in [0.5, 0.6) is 0 Å². The molecule has 0 aromatic carbocycles. The van der Waals surface area contributed by atoms with E-state index in [-0.39, 0.29) is 18.3 Å². The highest BCUT2D eigenvalue weighted by atomic mass is 16.8. The van der Waals surface area contributed by atoms with Gasteiger partial charge < -0.3 is 23.7 Å². The van der Waals surface area contributed by atoms with Gasteiger partial charge in [0.1, 0.15) is 18.3 Å². The van der Waals surface area contributed by atoms with Crippen LogP contribution in [0.3, 0.4) is 0 Å². The monoisotopic (exact) mass is 246 g/mol. The number of ether oxygens (including phenoxy) is 5. The second-order valence-electron chi connectivity index (χ2n) is 5.46. The molecule has 2 fully saturated rings. The number of methoxy groups -OCH3 is 1. The summed E-state index contributed by atoms with van der Waals surface area (Å²) in [5, 5.41) is 0. The normalized spacial score (nSPS) is 39.7. The molecule has 2 rings (SSSR count). The Morgan fingerprint density at radius 2 is 1.76 bits per heavy atom. The third-order valence-electron chi connectivity index (χ3n) is 2.95. The highest BCUT2D eigenvalue weighted by Crippen LogP contribution is 2.35. The first-order valence-electron chi connectivity index (χ1n) is 5.99. The molecule has 100 valence electrons. The number of hydrogen-bond donors (Lipinski definition) is 0. The van der Waals surface area contributed by atoms with Gasteiger partial charge in [-0.1, -0.05) is 0 Å². The molecule has 0 amide bonds. The smallest absolute Gasteiger partial charge is 0.164 e. The van der Waals surface area contributed by atoms with Gasteiger partial charge in [0.15, 0.2) is 11.6 Å². The number of hydrogen-bond acceptors (Lipinski definition) is 5. The Morgan fingerprint density at radius 3 is 2.29 bits per heavy atom. The largest absolute Gasteiger partial charge is 0.382 e. The fraction of sp³-hybridized carbons (Fsp3) is 1.00. The van der Waals surface area contributed by atoms with E-state index in [1.807, 2.05) is 27.7 Å². The molecule has 5 nitrogen and oxygen atoms in total. The molecule has 2 aliphatic rings. The van der Waals surface area contributed by atoms with Crippen LogP contribution >= 0.6 is 0 Å². The van der Waals surface area contributed by atoms with Crippen LogP contribution in [0.15, 0.2) is 0 Å². The maximum Gasteiger partial charge on any atom is 0.164 e. The second kappa shape index (κ2) is 4.48. The summed E-state index contributed by atoms with van der Waals surface area (Å²) >= 11 is 0. The van der Waals surface area contributed by atoms with E-state index in [1.165, 1.54) is 0 Å². The second-order valence-corrected chi connectivity index (χ2v) is 5.46. The summed E-state index contributed by atoms with van der Waals surface area (Å²) in [6.07, 6.45) is -0.365. The van der Waals surface area contributed by atoms with E-state index >= 15 is 0 Å². The van der Waals surface area contributed by atoms with Crippen molar-refractivity contribution in [1.29, 1.82) is 0 Å². The molecule has 2 saturated heterocycles. The molecule has 3 atom stereocenters. The lowest BCUT2D eigenvalue weighted by Crippen LogP contribution is -2.40. The van der Waals surface area contributed by atoms with Crippen LogP contribution in [0, 0.1) is 0 Å². The average molecular weight is 246 g/mol. The molecule has 0 aliphatic carbocycles. The van der Waals surface area contributed by atoms with Gasteiger partial charge in [0, 0.05) is 7.11 Å². The van der Waals surface area contributed by atoms with Crippen molar-refractivity contribution in [3.05, 3.63) is 0 Å². The Bertz CT molecular complexity index is 276. The molecular formula is C12H22O5. The third kappa shape index (κ3) is 2.98. The van der Waals surface area contributed by atoms with Crippen molar-refractivity contribution in [2.75, 3.05) is 20.3 Å². The van der Waals surface area contributed by atoms with Crippen molar-refractivity contribution in [1.82, 2.24) is 0 Å². The Labute approximate surface area is 102 Å². The molecule has 0 unspecified atom stereocenters. The highest BCUT2D eigenvalue weighted by Gasteiger charge is 2.49. The van der Waals surface area contributed by atoms with Crippen LogP contribution in [0.2, 0.25) is 0 Å². The molecular weight excluding hydrogens is 224 g/mol. The Hall–Kier alpha value is -0.200. The minimum absolute atomic E-state index is 0.105. The van der Waals surface area contributed by atoms with Crippen LogP contribution in [0.25, 0.3) is 0 Å². The van der Waals surface area contributed by atoms with Gasteiger partial charge in [0.2, 0.25) is 0 Å². The average Bonchev–Trinajstić information content (AvgIpc) is 2.67. The fourth-order valence-corrected chi connectivity index (χ4v) is 2.35. The van der Waals surface area contributed by atoms with Crippen LogP contribution in [-0.2, 0) is 23.7 Å². The first-order valence-corrected chi connectivity index (χ1v) is 5.99. The zero-order valence-corrected chi connectivity index (χ0v) is 11.2. The van der Waals surface area contributed by atoms with E-state index in [0.717, 1.165) is 0 Å². The third-order valence-corrected chi connectivity index (χ3v) is 2.95. The maximum absolute atomic E-state index is 5.88.